The minimum Gasteiger partial charge on any atom is -0.444 e. The second-order valence-corrected chi connectivity index (χ2v) is 6.76. The van der Waals surface area contributed by atoms with Gasteiger partial charge in [0.1, 0.15) is 5.60 Å². The Morgan fingerprint density at radius 3 is 2.61 bits per heavy atom. The monoisotopic (exact) mass is 321 g/mol. The Balaban J connectivity index is 1.82. The summed E-state index contributed by atoms with van der Waals surface area (Å²) < 4.78 is 5.22. The van der Waals surface area contributed by atoms with Crippen LogP contribution < -0.4 is 10.2 Å². The number of nitrogens with zero attached hydrogens (tertiary/aromatic N) is 2. The third-order valence-electron chi connectivity index (χ3n) is 3.65. The summed E-state index contributed by atoms with van der Waals surface area (Å²) in [4.78, 5) is 24.1. The van der Waals surface area contributed by atoms with Gasteiger partial charge in [0, 0.05) is 37.5 Å². The summed E-state index contributed by atoms with van der Waals surface area (Å²) in [5.41, 5.74) is 0.566. The first-order valence-electron chi connectivity index (χ1n) is 7.71. The van der Waals surface area contributed by atoms with E-state index < -0.39 is 16.6 Å². The van der Waals surface area contributed by atoms with Crippen molar-refractivity contribution in [2.45, 2.75) is 32.8 Å². The number of ether oxygens (including phenoxy) is 1. The van der Waals surface area contributed by atoms with E-state index in [1.165, 1.54) is 12.1 Å². The van der Waals surface area contributed by atoms with Crippen LogP contribution in [0.25, 0.3) is 0 Å². The highest BCUT2D eigenvalue weighted by Gasteiger charge is 2.24. The zero-order valence-corrected chi connectivity index (χ0v) is 13.7. The van der Waals surface area contributed by atoms with E-state index in [0.717, 1.165) is 25.2 Å². The number of rotatable bonds is 4. The van der Waals surface area contributed by atoms with Gasteiger partial charge in [-0.1, -0.05) is 0 Å². The van der Waals surface area contributed by atoms with Crippen molar-refractivity contribution >= 4 is 17.5 Å². The lowest BCUT2D eigenvalue weighted by molar-refractivity contribution is -0.384. The molecule has 1 atom stereocenters. The van der Waals surface area contributed by atoms with Gasteiger partial charge in [-0.25, -0.2) is 4.79 Å². The van der Waals surface area contributed by atoms with Crippen LogP contribution in [0.4, 0.5) is 16.2 Å². The molecule has 1 aliphatic rings. The second-order valence-electron chi connectivity index (χ2n) is 6.76. The van der Waals surface area contributed by atoms with Crippen LogP contribution in [0.5, 0.6) is 0 Å². The third kappa shape index (κ3) is 5.12. The molecular formula is C16H23N3O4. The average Bonchev–Trinajstić information content (AvgIpc) is 2.92. The zero-order valence-electron chi connectivity index (χ0n) is 13.7. The lowest BCUT2D eigenvalue weighted by Crippen LogP contribution is -2.36. The van der Waals surface area contributed by atoms with Gasteiger partial charge in [0.15, 0.2) is 0 Å². The molecule has 1 heterocycles. The number of carbonyl (C=O) groups excluding carboxylic acids is 1. The number of nitro benzene ring substituents is 1. The molecule has 1 aromatic carbocycles. The largest absolute Gasteiger partial charge is 0.444 e. The Morgan fingerprint density at radius 2 is 2.04 bits per heavy atom. The number of amides is 1. The summed E-state index contributed by atoms with van der Waals surface area (Å²) >= 11 is 0. The van der Waals surface area contributed by atoms with Gasteiger partial charge in [-0.3, -0.25) is 10.1 Å². The Bertz CT molecular complexity index is 566. The molecule has 0 radical (unpaired) electrons. The van der Waals surface area contributed by atoms with Gasteiger partial charge in [0.2, 0.25) is 0 Å². The highest BCUT2D eigenvalue weighted by Crippen LogP contribution is 2.25. The first-order valence-corrected chi connectivity index (χ1v) is 7.71. The quantitative estimate of drug-likeness (QED) is 0.681. The van der Waals surface area contributed by atoms with Gasteiger partial charge in [-0.2, -0.15) is 0 Å². The predicted octanol–water partition coefficient (Wildman–Crippen LogP) is 2.95. The predicted molar refractivity (Wildman–Crippen MR) is 87.7 cm³/mol. The number of hydrogen-bond acceptors (Lipinski definition) is 5. The van der Waals surface area contributed by atoms with Crippen LogP contribution in [0.15, 0.2) is 24.3 Å². The van der Waals surface area contributed by atoms with Crippen LogP contribution in [-0.2, 0) is 4.74 Å². The normalized spacial score (nSPS) is 17.9. The number of non-ortho nitro benzene ring substituents is 1. The van der Waals surface area contributed by atoms with E-state index in [1.807, 2.05) is 20.8 Å². The van der Waals surface area contributed by atoms with E-state index in [2.05, 4.69) is 10.2 Å². The molecule has 126 valence electrons. The van der Waals surface area contributed by atoms with E-state index >= 15 is 0 Å². The van der Waals surface area contributed by atoms with Crippen molar-refractivity contribution in [1.29, 1.82) is 0 Å². The Labute approximate surface area is 135 Å². The van der Waals surface area contributed by atoms with Crippen molar-refractivity contribution < 1.29 is 14.5 Å². The van der Waals surface area contributed by atoms with Crippen molar-refractivity contribution in [2.75, 3.05) is 24.5 Å². The summed E-state index contributed by atoms with van der Waals surface area (Å²) in [6.07, 6.45) is 0.568. The third-order valence-corrected chi connectivity index (χ3v) is 3.65. The molecule has 7 heteroatoms. The molecule has 23 heavy (non-hydrogen) atoms. The molecule has 0 bridgehead atoms. The Morgan fingerprint density at radius 1 is 1.39 bits per heavy atom. The van der Waals surface area contributed by atoms with Crippen molar-refractivity contribution in [3.63, 3.8) is 0 Å². The number of nitrogens with one attached hydrogen (secondary N) is 1. The molecule has 0 aliphatic carbocycles. The molecule has 7 nitrogen and oxygen atoms in total. The molecule has 0 aromatic heterocycles. The highest BCUT2D eigenvalue weighted by atomic mass is 16.6. The van der Waals surface area contributed by atoms with Gasteiger partial charge in [-0.15, -0.1) is 0 Å². The molecule has 1 aromatic rings. The highest BCUT2D eigenvalue weighted by molar-refractivity contribution is 5.67. The maximum absolute atomic E-state index is 11.7. The van der Waals surface area contributed by atoms with Crippen LogP contribution in [0.3, 0.4) is 0 Å². The van der Waals surface area contributed by atoms with E-state index in [0.29, 0.717) is 12.5 Å². The Kier molecular flexibility index (Phi) is 5.08. The van der Waals surface area contributed by atoms with Crippen molar-refractivity contribution in [3.05, 3.63) is 34.4 Å². The number of carbonyl (C=O) groups is 1. The molecular weight excluding hydrogens is 298 g/mol. The second kappa shape index (κ2) is 6.85. The molecule has 1 amide bonds. The topological polar surface area (TPSA) is 84.7 Å². The first kappa shape index (κ1) is 17.1. The van der Waals surface area contributed by atoms with Crippen LogP contribution in [0.1, 0.15) is 27.2 Å². The van der Waals surface area contributed by atoms with E-state index in [9.17, 15) is 14.9 Å². The van der Waals surface area contributed by atoms with E-state index in [-0.39, 0.29) is 5.69 Å². The zero-order chi connectivity index (χ0) is 17.0. The fraction of sp³-hybridized carbons (Fsp3) is 0.562. The van der Waals surface area contributed by atoms with Gasteiger partial charge >= 0.3 is 6.09 Å². The summed E-state index contributed by atoms with van der Waals surface area (Å²) in [5, 5.41) is 13.5. The summed E-state index contributed by atoms with van der Waals surface area (Å²) in [6, 6.07) is 6.56. The van der Waals surface area contributed by atoms with Crippen molar-refractivity contribution in [3.8, 4) is 0 Å². The molecule has 1 aliphatic heterocycles. The fourth-order valence-corrected chi connectivity index (χ4v) is 2.56. The fourth-order valence-electron chi connectivity index (χ4n) is 2.56. The number of anilines is 1. The standard InChI is InChI=1S/C16H23N3O4/c1-16(2,3)23-15(20)17-10-12-8-9-18(11-12)13-4-6-14(7-5-13)19(21)22/h4-7,12H,8-11H2,1-3H3,(H,17,20)/t12-/m1/s1. The number of hydrogen-bond donors (Lipinski definition) is 1. The lowest BCUT2D eigenvalue weighted by Gasteiger charge is -2.21. The summed E-state index contributed by atoms with van der Waals surface area (Å²) in [6.45, 7) is 7.75. The lowest BCUT2D eigenvalue weighted by atomic mass is 10.1. The van der Waals surface area contributed by atoms with Crippen LogP contribution in [-0.4, -0.2) is 36.3 Å². The van der Waals surface area contributed by atoms with Crippen LogP contribution >= 0.6 is 0 Å². The first-order chi connectivity index (χ1) is 10.7. The molecule has 1 saturated heterocycles. The van der Waals surface area contributed by atoms with E-state index in [4.69, 9.17) is 4.74 Å². The molecule has 0 unspecified atom stereocenters. The molecule has 1 fully saturated rings. The maximum atomic E-state index is 11.7. The summed E-state index contributed by atoms with van der Waals surface area (Å²) in [5.74, 6) is 0.345. The van der Waals surface area contributed by atoms with Crippen molar-refractivity contribution in [1.82, 2.24) is 5.32 Å². The van der Waals surface area contributed by atoms with Crippen LogP contribution in [0.2, 0.25) is 0 Å². The minimum atomic E-state index is -0.495. The Hall–Kier alpha value is -2.31. The van der Waals surface area contributed by atoms with Gasteiger partial charge in [0.25, 0.3) is 5.69 Å². The molecule has 0 spiro atoms. The minimum absolute atomic E-state index is 0.0936. The number of alkyl carbamates (subject to hydrolysis) is 1. The van der Waals surface area contributed by atoms with Gasteiger partial charge < -0.3 is 15.0 Å². The molecule has 1 N–H and O–H groups in total. The molecule has 2 rings (SSSR count). The van der Waals surface area contributed by atoms with Gasteiger partial charge in [0.05, 0.1) is 4.92 Å². The molecule has 0 saturated carbocycles. The van der Waals surface area contributed by atoms with E-state index in [1.54, 1.807) is 12.1 Å². The average molecular weight is 321 g/mol. The maximum Gasteiger partial charge on any atom is 0.407 e. The number of nitro groups is 1. The summed E-state index contributed by atoms with van der Waals surface area (Å²) in [7, 11) is 0. The SMILES string of the molecule is CC(C)(C)OC(=O)NC[C@H]1CCN(c2ccc([N+](=O)[O-])cc2)C1. The smallest absolute Gasteiger partial charge is 0.407 e. The number of benzene rings is 1. The van der Waals surface area contributed by atoms with Gasteiger partial charge in [-0.05, 0) is 45.2 Å². The van der Waals surface area contributed by atoms with Crippen molar-refractivity contribution in [2.24, 2.45) is 5.92 Å². The van der Waals surface area contributed by atoms with Crippen LogP contribution in [0, 0.1) is 16.0 Å².